The molecule has 33 heavy (non-hydrogen) atoms. The molecule has 0 aliphatic heterocycles. The number of carbonyl (C=O) groups excluding carboxylic acids is 1. The van der Waals surface area contributed by atoms with Crippen LogP contribution >= 0.6 is 0 Å². The first-order valence-electron chi connectivity index (χ1n) is 9.62. The predicted molar refractivity (Wildman–Crippen MR) is 113 cm³/mol. The van der Waals surface area contributed by atoms with Crippen molar-refractivity contribution in [1.82, 2.24) is 0 Å². The molecule has 0 saturated carbocycles. The standard InChI is InChI=1S/C12H14O6.C10H10O5/c13-5-3-7-8(4-6-14)10(12(17)18)2-1-9(7)11(15)16;11-5-6-15-10(14)8-3-1-7(2-4-8)9(12)13/h1-2,13-14H,3-6H2,(H,15,16)(H,17,18);1-4,11H,5-6H2,(H,12,13). The molecule has 11 nitrogen and oxygen atoms in total. The van der Waals surface area contributed by atoms with Gasteiger partial charge in [-0.05, 0) is 60.4 Å². The second-order valence-corrected chi connectivity index (χ2v) is 6.42. The Labute approximate surface area is 188 Å². The summed E-state index contributed by atoms with van der Waals surface area (Å²) < 4.78 is 4.64. The Kier molecular flexibility index (Phi) is 11.2. The van der Waals surface area contributed by atoms with Crippen LogP contribution in [0.3, 0.4) is 0 Å². The van der Waals surface area contributed by atoms with Crippen LogP contribution in [0.15, 0.2) is 36.4 Å². The Balaban J connectivity index is 0.000000335. The fraction of sp³-hybridized carbons (Fsp3) is 0.273. The highest BCUT2D eigenvalue weighted by Crippen LogP contribution is 2.21. The van der Waals surface area contributed by atoms with Gasteiger partial charge in [0.05, 0.1) is 28.9 Å². The first-order chi connectivity index (χ1) is 15.7. The van der Waals surface area contributed by atoms with Gasteiger partial charge in [-0.15, -0.1) is 0 Å². The normalized spacial score (nSPS) is 10.0. The lowest BCUT2D eigenvalue weighted by Crippen LogP contribution is -2.14. The first-order valence-corrected chi connectivity index (χ1v) is 9.62. The maximum absolute atomic E-state index is 11.2. The molecule has 0 unspecified atom stereocenters. The van der Waals surface area contributed by atoms with Crippen LogP contribution in [-0.4, -0.2) is 80.9 Å². The van der Waals surface area contributed by atoms with Gasteiger partial charge in [0.25, 0.3) is 0 Å². The SMILES string of the molecule is O=C(O)c1ccc(C(=O)O)c(CCO)c1CCO.O=C(O)c1ccc(C(=O)OCCO)cc1. The smallest absolute Gasteiger partial charge is 0.338 e. The molecule has 0 aromatic heterocycles. The average Bonchev–Trinajstić information content (AvgIpc) is 2.78. The number of carbonyl (C=O) groups is 4. The molecular formula is C22H24O11. The second kappa shape index (κ2) is 13.6. The molecule has 0 atom stereocenters. The zero-order valence-corrected chi connectivity index (χ0v) is 17.4. The van der Waals surface area contributed by atoms with Crippen LogP contribution < -0.4 is 0 Å². The van der Waals surface area contributed by atoms with Crippen LogP contribution in [0.25, 0.3) is 0 Å². The summed E-state index contributed by atoms with van der Waals surface area (Å²) in [5, 5.41) is 53.0. The van der Waals surface area contributed by atoms with Gasteiger partial charge in [0.1, 0.15) is 6.61 Å². The van der Waals surface area contributed by atoms with E-state index in [9.17, 15) is 19.2 Å². The maximum Gasteiger partial charge on any atom is 0.338 e. The minimum Gasteiger partial charge on any atom is -0.478 e. The van der Waals surface area contributed by atoms with Crippen LogP contribution in [0.1, 0.15) is 52.6 Å². The largest absolute Gasteiger partial charge is 0.478 e. The minimum atomic E-state index is -1.19. The number of aromatic carboxylic acids is 3. The Morgan fingerprint density at radius 1 is 0.606 bits per heavy atom. The van der Waals surface area contributed by atoms with E-state index in [1.165, 1.54) is 36.4 Å². The van der Waals surface area contributed by atoms with Crippen molar-refractivity contribution in [2.45, 2.75) is 12.8 Å². The number of carboxylic acids is 3. The number of ether oxygens (including phenoxy) is 1. The molecule has 178 valence electrons. The fourth-order valence-electron chi connectivity index (χ4n) is 2.86. The maximum atomic E-state index is 11.2. The van der Waals surface area contributed by atoms with Crippen molar-refractivity contribution in [2.24, 2.45) is 0 Å². The Morgan fingerprint density at radius 3 is 1.36 bits per heavy atom. The van der Waals surface area contributed by atoms with Gasteiger partial charge in [-0.2, -0.15) is 0 Å². The van der Waals surface area contributed by atoms with Crippen molar-refractivity contribution in [3.8, 4) is 0 Å². The van der Waals surface area contributed by atoms with Gasteiger partial charge in [0.15, 0.2) is 0 Å². The summed E-state index contributed by atoms with van der Waals surface area (Å²) in [7, 11) is 0. The molecule has 11 heteroatoms. The summed E-state index contributed by atoms with van der Waals surface area (Å²) >= 11 is 0. The summed E-state index contributed by atoms with van der Waals surface area (Å²) in [5.41, 5.74) is 0.801. The van der Waals surface area contributed by atoms with Gasteiger partial charge >= 0.3 is 23.9 Å². The van der Waals surface area contributed by atoms with E-state index in [0.29, 0.717) is 0 Å². The molecule has 0 aliphatic carbocycles. The summed E-state index contributed by atoms with van der Waals surface area (Å²) in [6, 6.07) is 7.78. The molecule has 0 aliphatic rings. The highest BCUT2D eigenvalue weighted by atomic mass is 16.5. The minimum absolute atomic E-state index is 0.0398. The molecule has 0 saturated heterocycles. The van der Waals surface area contributed by atoms with Crippen molar-refractivity contribution in [3.05, 3.63) is 69.8 Å². The molecule has 2 rings (SSSR count). The third-order valence-corrected chi connectivity index (χ3v) is 4.31. The lowest BCUT2D eigenvalue weighted by molar-refractivity contribution is 0.0432. The van der Waals surface area contributed by atoms with Crippen LogP contribution in [-0.2, 0) is 17.6 Å². The van der Waals surface area contributed by atoms with Gasteiger partial charge in [-0.1, -0.05) is 0 Å². The van der Waals surface area contributed by atoms with Crippen molar-refractivity contribution in [1.29, 1.82) is 0 Å². The van der Waals surface area contributed by atoms with Gasteiger partial charge in [-0.25, -0.2) is 19.2 Å². The van der Waals surface area contributed by atoms with E-state index in [-0.39, 0.29) is 72.6 Å². The van der Waals surface area contributed by atoms with Crippen LogP contribution in [0, 0.1) is 0 Å². The van der Waals surface area contributed by atoms with Gasteiger partial charge in [-0.3, -0.25) is 0 Å². The number of aliphatic hydroxyl groups excluding tert-OH is 3. The highest BCUT2D eigenvalue weighted by molar-refractivity contribution is 5.95. The molecule has 0 spiro atoms. The number of rotatable bonds is 10. The monoisotopic (exact) mass is 464 g/mol. The van der Waals surface area contributed by atoms with Crippen LogP contribution in [0.2, 0.25) is 0 Å². The van der Waals surface area contributed by atoms with E-state index in [4.69, 9.17) is 30.6 Å². The van der Waals surface area contributed by atoms with Crippen molar-refractivity contribution in [2.75, 3.05) is 26.4 Å². The first kappa shape index (κ1) is 27.2. The summed E-state index contributed by atoms with van der Waals surface area (Å²) in [5.74, 6) is -4.00. The molecule has 0 heterocycles. The predicted octanol–water partition coefficient (Wildman–Crippen LogP) is 0.687. The number of carboxylic acid groups (broad SMARTS) is 3. The van der Waals surface area contributed by atoms with Crippen molar-refractivity contribution >= 4 is 23.9 Å². The number of benzene rings is 2. The molecule has 6 N–H and O–H groups in total. The van der Waals surface area contributed by atoms with Gasteiger partial charge in [0.2, 0.25) is 0 Å². The zero-order valence-electron chi connectivity index (χ0n) is 17.4. The van der Waals surface area contributed by atoms with Gasteiger partial charge in [0, 0.05) is 13.2 Å². The quantitative estimate of drug-likeness (QED) is 0.270. The zero-order chi connectivity index (χ0) is 25.0. The van der Waals surface area contributed by atoms with E-state index in [2.05, 4.69) is 4.74 Å². The molecule has 0 fully saturated rings. The number of hydrogen-bond donors (Lipinski definition) is 6. The Morgan fingerprint density at radius 2 is 1.03 bits per heavy atom. The van der Waals surface area contributed by atoms with Crippen molar-refractivity contribution < 1.29 is 54.6 Å². The molecule has 2 aromatic carbocycles. The summed E-state index contributed by atoms with van der Waals surface area (Å²) in [6.45, 7) is -0.887. The highest BCUT2D eigenvalue weighted by Gasteiger charge is 2.20. The number of hydrogen-bond acceptors (Lipinski definition) is 8. The van der Waals surface area contributed by atoms with E-state index in [1.807, 2.05) is 0 Å². The summed E-state index contributed by atoms with van der Waals surface area (Å²) in [6.07, 6.45) is 0.0795. The Bertz CT molecular complexity index is 938. The lowest BCUT2D eigenvalue weighted by Gasteiger charge is -2.14. The number of aliphatic hydroxyl groups is 3. The third kappa shape index (κ3) is 8.00. The molecular weight excluding hydrogens is 440 g/mol. The molecule has 0 bridgehead atoms. The molecule has 0 amide bonds. The van der Waals surface area contributed by atoms with E-state index >= 15 is 0 Å². The topological polar surface area (TPSA) is 199 Å². The molecule has 0 radical (unpaired) electrons. The fourth-order valence-corrected chi connectivity index (χ4v) is 2.86. The van der Waals surface area contributed by atoms with Crippen molar-refractivity contribution in [3.63, 3.8) is 0 Å². The third-order valence-electron chi connectivity index (χ3n) is 4.31. The van der Waals surface area contributed by atoms with E-state index in [0.717, 1.165) is 0 Å². The second-order valence-electron chi connectivity index (χ2n) is 6.42. The Hall–Kier alpha value is -3.80. The van der Waals surface area contributed by atoms with Gasteiger partial charge < -0.3 is 35.4 Å². The number of esters is 1. The van der Waals surface area contributed by atoms with E-state index < -0.39 is 23.9 Å². The summed E-state index contributed by atoms with van der Waals surface area (Å²) in [4.78, 5) is 43.8. The van der Waals surface area contributed by atoms with E-state index in [1.54, 1.807) is 0 Å². The van der Waals surface area contributed by atoms with Crippen LogP contribution in [0.5, 0.6) is 0 Å². The lowest BCUT2D eigenvalue weighted by atomic mass is 9.92. The molecule has 2 aromatic rings. The van der Waals surface area contributed by atoms with Crippen LogP contribution in [0.4, 0.5) is 0 Å². The average molecular weight is 464 g/mol.